The molecular formula is C22H27NO5. The number of rotatable bonds is 11. The molecule has 0 saturated carbocycles. The number of amides is 1. The topological polar surface area (TPSA) is 80.8 Å². The third-order valence-corrected chi connectivity index (χ3v) is 5.10. The van der Waals surface area contributed by atoms with Gasteiger partial charge in [-0.05, 0) is 24.8 Å². The van der Waals surface area contributed by atoms with Gasteiger partial charge in [-0.2, -0.15) is 0 Å². The fourth-order valence-corrected chi connectivity index (χ4v) is 3.47. The number of ether oxygens (including phenoxy) is 1. The summed E-state index contributed by atoms with van der Waals surface area (Å²) in [6.07, 6.45) is 6.46. The van der Waals surface area contributed by atoms with Gasteiger partial charge >= 0.3 is 5.97 Å². The Bertz CT molecular complexity index is 728. The van der Waals surface area contributed by atoms with Gasteiger partial charge in [0.2, 0.25) is 5.91 Å². The molecule has 0 aliphatic carbocycles. The fraction of sp³-hybridized carbons (Fsp3) is 0.455. The van der Waals surface area contributed by atoms with Crippen LogP contribution in [0.3, 0.4) is 0 Å². The van der Waals surface area contributed by atoms with Crippen molar-refractivity contribution in [2.45, 2.75) is 51.1 Å². The summed E-state index contributed by atoms with van der Waals surface area (Å²) in [6.45, 7) is 1.91. The Balaban J connectivity index is 2.19. The summed E-state index contributed by atoms with van der Waals surface area (Å²) in [4.78, 5) is 49.8. The number of hydrogen-bond donors (Lipinski definition) is 0. The van der Waals surface area contributed by atoms with Gasteiger partial charge in [-0.3, -0.25) is 9.59 Å². The van der Waals surface area contributed by atoms with Crippen LogP contribution in [-0.2, 0) is 23.9 Å². The summed E-state index contributed by atoms with van der Waals surface area (Å²) < 4.78 is 4.82. The molecule has 1 aromatic rings. The first kappa shape index (κ1) is 21.5. The molecule has 6 nitrogen and oxygen atoms in total. The van der Waals surface area contributed by atoms with Crippen molar-refractivity contribution in [2.75, 3.05) is 7.11 Å². The molecule has 3 unspecified atom stereocenters. The number of ketones is 1. The van der Waals surface area contributed by atoms with E-state index < -0.39 is 17.9 Å². The van der Waals surface area contributed by atoms with E-state index in [-0.39, 0.29) is 24.2 Å². The number of nitrogens with zero attached hydrogens (tertiary/aromatic N) is 1. The summed E-state index contributed by atoms with van der Waals surface area (Å²) in [6, 6.07) is 8.28. The van der Waals surface area contributed by atoms with Gasteiger partial charge in [-0.15, -0.1) is 0 Å². The molecule has 0 aromatic heterocycles. The summed E-state index contributed by atoms with van der Waals surface area (Å²) in [5.74, 6) is -1.85. The summed E-state index contributed by atoms with van der Waals surface area (Å²) >= 11 is 0. The number of methoxy groups -OCH3 is 1. The molecule has 1 aliphatic heterocycles. The Morgan fingerprint density at radius 3 is 2.57 bits per heavy atom. The second-order valence-electron chi connectivity index (χ2n) is 6.88. The first-order valence-corrected chi connectivity index (χ1v) is 9.61. The van der Waals surface area contributed by atoms with E-state index in [1.165, 1.54) is 12.0 Å². The molecule has 2 rings (SSSR count). The molecule has 0 bridgehead atoms. The molecule has 150 valence electrons. The number of Topliss-reactive ketones (excluding diaryl/α,β-unsaturated/α-hetero) is 1. The van der Waals surface area contributed by atoms with E-state index >= 15 is 0 Å². The van der Waals surface area contributed by atoms with Crippen LogP contribution in [0.4, 0.5) is 0 Å². The third kappa shape index (κ3) is 5.15. The third-order valence-electron chi connectivity index (χ3n) is 5.10. The van der Waals surface area contributed by atoms with E-state index in [1.54, 1.807) is 0 Å². The van der Waals surface area contributed by atoms with Gasteiger partial charge in [0.25, 0.3) is 0 Å². The average Bonchev–Trinajstić information content (AvgIpc) is 2.72. The van der Waals surface area contributed by atoms with Crippen LogP contribution in [0.1, 0.15) is 44.6 Å². The van der Waals surface area contributed by atoms with Crippen molar-refractivity contribution in [3.63, 3.8) is 0 Å². The van der Waals surface area contributed by atoms with E-state index in [0.717, 1.165) is 11.8 Å². The minimum atomic E-state index is -1.24. The maximum atomic E-state index is 13.2. The van der Waals surface area contributed by atoms with E-state index in [4.69, 9.17) is 4.74 Å². The fourth-order valence-electron chi connectivity index (χ4n) is 3.47. The van der Waals surface area contributed by atoms with Gasteiger partial charge in [0.05, 0.1) is 7.11 Å². The molecule has 6 heteroatoms. The van der Waals surface area contributed by atoms with Gasteiger partial charge in [0.15, 0.2) is 11.8 Å². The number of esters is 1. The Morgan fingerprint density at radius 2 is 2.00 bits per heavy atom. The van der Waals surface area contributed by atoms with E-state index in [9.17, 15) is 19.2 Å². The minimum absolute atomic E-state index is 0.132. The molecule has 28 heavy (non-hydrogen) atoms. The second-order valence-corrected chi connectivity index (χ2v) is 6.88. The van der Waals surface area contributed by atoms with Gasteiger partial charge in [0.1, 0.15) is 6.29 Å². The van der Waals surface area contributed by atoms with Gasteiger partial charge in [-0.1, -0.05) is 49.4 Å². The Labute approximate surface area is 165 Å². The van der Waals surface area contributed by atoms with Crippen molar-refractivity contribution < 1.29 is 23.9 Å². The predicted molar refractivity (Wildman–Crippen MR) is 105 cm³/mol. The van der Waals surface area contributed by atoms with Crippen molar-refractivity contribution in [1.82, 2.24) is 4.90 Å². The number of aldehydes is 1. The highest BCUT2D eigenvalue weighted by Gasteiger charge is 2.47. The summed E-state index contributed by atoms with van der Waals surface area (Å²) in [7, 11) is 1.21. The Hall–Kier alpha value is -2.76. The van der Waals surface area contributed by atoms with Crippen LogP contribution in [0.5, 0.6) is 0 Å². The maximum absolute atomic E-state index is 13.2. The summed E-state index contributed by atoms with van der Waals surface area (Å²) in [5, 5.41) is 0. The molecule has 1 heterocycles. The zero-order valence-corrected chi connectivity index (χ0v) is 16.4. The van der Waals surface area contributed by atoms with Gasteiger partial charge < -0.3 is 14.4 Å². The van der Waals surface area contributed by atoms with Crippen LogP contribution >= 0.6 is 0 Å². The zero-order valence-electron chi connectivity index (χ0n) is 16.4. The van der Waals surface area contributed by atoms with E-state index in [2.05, 4.69) is 0 Å². The minimum Gasteiger partial charge on any atom is -0.467 e. The molecule has 1 saturated heterocycles. The largest absolute Gasteiger partial charge is 0.467 e. The number of allylic oxidation sites excluding steroid dienone is 1. The monoisotopic (exact) mass is 385 g/mol. The Kier molecular flexibility index (Phi) is 8.11. The normalized spacial score (nSPS) is 18.4. The highest BCUT2D eigenvalue weighted by atomic mass is 16.5. The highest BCUT2D eigenvalue weighted by Crippen LogP contribution is 2.29. The van der Waals surface area contributed by atoms with Crippen LogP contribution in [-0.4, -0.2) is 48.0 Å². The molecule has 0 radical (unpaired) electrons. The van der Waals surface area contributed by atoms with Crippen LogP contribution in [0.15, 0.2) is 36.4 Å². The van der Waals surface area contributed by atoms with Crippen LogP contribution in [0.2, 0.25) is 0 Å². The number of carbonyl (C=O) groups is 4. The molecule has 1 aromatic carbocycles. The first-order valence-electron chi connectivity index (χ1n) is 9.61. The van der Waals surface area contributed by atoms with Gasteiger partial charge in [0, 0.05) is 24.8 Å². The number of hydrogen-bond acceptors (Lipinski definition) is 5. The molecule has 1 fully saturated rings. The lowest BCUT2D eigenvalue weighted by atomic mass is 9.86. The number of likely N-dealkylation sites (tertiary alicyclic amines) is 1. The average molecular weight is 385 g/mol. The molecule has 1 amide bonds. The van der Waals surface area contributed by atoms with Crippen molar-refractivity contribution in [3.05, 3.63) is 42.0 Å². The summed E-state index contributed by atoms with van der Waals surface area (Å²) in [5.41, 5.74) is 0.998. The standard InChI is InChI=1S/C22H27NO5/c1-3-18-15-19(25)23(18)20(22(27)28-2)21(26)17(13-8-14-24)12-7-11-16-9-5-4-6-10-16/h4-7,9-11,14,17-18,20H,3,8,12-13,15H2,1-2H3. The maximum Gasteiger partial charge on any atom is 0.336 e. The zero-order chi connectivity index (χ0) is 20.5. The number of β-lactam (4-membered cyclic amide) rings is 1. The lowest BCUT2D eigenvalue weighted by molar-refractivity contribution is -0.168. The molecule has 1 aliphatic rings. The molecule has 0 spiro atoms. The van der Waals surface area contributed by atoms with Crippen molar-refractivity contribution in [1.29, 1.82) is 0 Å². The lowest BCUT2D eigenvalue weighted by Crippen LogP contribution is -2.63. The van der Waals surface area contributed by atoms with E-state index in [0.29, 0.717) is 25.7 Å². The van der Waals surface area contributed by atoms with Crippen molar-refractivity contribution >= 4 is 30.0 Å². The first-order chi connectivity index (χ1) is 13.5. The van der Waals surface area contributed by atoms with Crippen LogP contribution in [0.25, 0.3) is 6.08 Å². The number of carbonyl (C=O) groups excluding carboxylic acids is 4. The lowest BCUT2D eigenvalue weighted by Gasteiger charge is -2.44. The van der Waals surface area contributed by atoms with Crippen molar-refractivity contribution in [2.24, 2.45) is 5.92 Å². The Morgan fingerprint density at radius 1 is 1.29 bits per heavy atom. The SMILES string of the molecule is CCC1CC(=O)N1C(C(=O)OC)C(=O)C(CC=Cc1ccccc1)CCC=O. The van der Waals surface area contributed by atoms with Gasteiger partial charge in [-0.25, -0.2) is 4.79 Å². The molecule has 3 atom stereocenters. The number of benzene rings is 1. The predicted octanol–water partition coefficient (Wildman–Crippen LogP) is 2.81. The smallest absolute Gasteiger partial charge is 0.336 e. The molecular weight excluding hydrogens is 358 g/mol. The van der Waals surface area contributed by atoms with Crippen molar-refractivity contribution in [3.8, 4) is 0 Å². The van der Waals surface area contributed by atoms with Crippen LogP contribution < -0.4 is 0 Å². The second kappa shape index (κ2) is 10.5. The van der Waals surface area contributed by atoms with Crippen LogP contribution in [0, 0.1) is 5.92 Å². The van der Waals surface area contributed by atoms with E-state index in [1.807, 2.05) is 49.4 Å². The quantitative estimate of drug-likeness (QED) is 0.253. The highest BCUT2D eigenvalue weighted by molar-refractivity contribution is 6.08. The molecule has 0 N–H and O–H groups in total.